The molecular weight excluding hydrogens is 414 g/mol. The highest BCUT2D eigenvalue weighted by Crippen LogP contribution is 2.32. The normalized spacial score (nSPS) is 10.1. The SMILES string of the molecule is COc1cc(NC(=O)CBr)c(C(=O)c2ccccc2)cc1Br. The molecule has 0 radical (unpaired) electrons. The van der Waals surface area contributed by atoms with E-state index in [9.17, 15) is 9.59 Å². The summed E-state index contributed by atoms with van der Waals surface area (Å²) in [5, 5.41) is 2.85. The van der Waals surface area contributed by atoms with Crippen LogP contribution >= 0.6 is 31.9 Å². The van der Waals surface area contributed by atoms with Crippen molar-refractivity contribution in [3.8, 4) is 5.75 Å². The minimum absolute atomic E-state index is 0.143. The topological polar surface area (TPSA) is 55.4 Å². The van der Waals surface area contributed by atoms with E-state index in [4.69, 9.17) is 4.74 Å². The summed E-state index contributed by atoms with van der Waals surface area (Å²) in [5.41, 5.74) is 1.36. The molecule has 2 aromatic carbocycles. The summed E-state index contributed by atoms with van der Waals surface area (Å²) in [5.74, 6) is 0.120. The van der Waals surface area contributed by atoms with Crippen LogP contribution in [0.1, 0.15) is 15.9 Å². The zero-order chi connectivity index (χ0) is 16.1. The Morgan fingerprint density at radius 3 is 2.45 bits per heavy atom. The average Bonchev–Trinajstić information content (AvgIpc) is 2.56. The molecule has 1 N–H and O–H groups in total. The van der Waals surface area contributed by atoms with Crippen molar-refractivity contribution in [3.63, 3.8) is 0 Å². The van der Waals surface area contributed by atoms with Gasteiger partial charge < -0.3 is 10.1 Å². The van der Waals surface area contributed by atoms with Crippen LogP contribution in [0.5, 0.6) is 5.75 Å². The van der Waals surface area contributed by atoms with Crippen LogP contribution in [0.25, 0.3) is 0 Å². The first-order valence-electron chi connectivity index (χ1n) is 6.40. The van der Waals surface area contributed by atoms with Crippen LogP contribution in [0.4, 0.5) is 5.69 Å². The standard InChI is InChI=1S/C16H13Br2NO3/c1-22-14-8-13(19-15(20)9-17)11(7-12(14)18)16(21)10-5-3-2-4-6-10/h2-8H,9H2,1H3,(H,19,20). The zero-order valence-corrected chi connectivity index (χ0v) is 14.9. The van der Waals surface area contributed by atoms with Gasteiger partial charge in [-0.2, -0.15) is 0 Å². The van der Waals surface area contributed by atoms with Gasteiger partial charge in [0.05, 0.1) is 22.6 Å². The Bertz CT molecular complexity index is 702. The maximum absolute atomic E-state index is 12.7. The molecule has 0 atom stereocenters. The summed E-state index contributed by atoms with van der Waals surface area (Å²) >= 11 is 6.46. The predicted molar refractivity (Wildman–Crippen MR) is 93.0 cm³/mol. The van der Waals surface area contributed by atoms with Gasteiger partial charge in [0, 0.05) is 17.2 Å². The lowest BCUT2D eigenvalue weighted by atomic mass is 10.0. The quantitative estimate of drug-likeness (QED) is 0.580. The smallest absolute Gasteiger partial charge is 0.235 e. The molecule has 0 fully saturated rings. The number of rotatable bonds is 5. The van der Waals surface area contributed by atoms with Crippen LogP contribution < -0.4 is 10.1 Å². The summed E-state index contributed by atoms with van der Waals surface area (Å²) in [6, 6.07) is 12.2. The van der Waals surface area contributed by atoms with Crippen molar-refractivity contribution in [1.82, 2.24) is 0 Å². The van der Waals surface area contributed by atoms with Gasteiger partial charge in [-0.25, -0.2) is 0 Å². The number of nitrogens with one attached hydrogen (secondary N) is 1. The average molecular weight is 427 g/mol. The number of halogens is 2. The lowest BCUT2D eigenvalue weighted by molar-refractivity contribution is -0.113. The lowest BCUT2D eigenvalue weighted by Crippen LogP contribution is -2.16. The molecule has 0 spiro atoms. The first kappa shape index (κ1) is 16.7. The molecule has 4 nitrogen and oxygen atoms in total. The van der Waals surface area contributed by atoms with Gasteiger partial charge >= 0.3 is 0 Å². The van der Waals surface area contributed by atoms with Crippen molar-refractivity contribution in [2.24, 2.45) is 0 Å². The Morgan fingerprint density at radius 2 is 1.86 bits per heavy atom. The van der Waals surface area contributed by atoms with Crippen LogP contribution in [0.3, 0.4) is 0 Å². The van der Waals surface area contributed by atoms with Gasteiger partial charge in [-0.05, 0) is 22.0 Å². The molecule has 0 aromatic heterocycles. The van der Waals surface area contributed by atoms with E-state index in [2.05, 4.69) is 37.2 Å². The number of amides is 1. The van der Waals surface area contributed by atoms with Gasteiger partial charge in [-0.15, -0.1) is 0 Å². The second-order valence-electron chi connectivity index (χ2n) is 4.41. The fraction of sp³-hybridized carbons (Fsp3) is 0.125. The largest absolute Gasteiger partial charge is 0.495 e. The number of ketones is 1. The number of methoxy groups -OCH3 is 1. The first-order chi connectivity index (χ1) is 10.6. The van der Waals surface area contributed by atoms with Crippen molar-refractivity contribution in [2.75, 3.05) is 17.8 Å². The number of benzene rings is 2. The van der Waals surface area contributed by atoms with Crippen molar-refractivity contribution in [1.29, 1.82) is 0 Å². The number of hydrogen-bond donors (Lipinski definition) is 1. The van der Waals surface area contributed by atoms with E-state index in [0.29, 0.717) is 27.0 Å². The molecule has 2 rings (SSSR count). The van der Waals surface area contributed by atoms with Crippen molar-refractivity contribution >= 4 is 49.2 Å². The van der Waals surface area contributed by atoms with E-state index in [-0.39, 0.29) is 17.0 Å². The molecule has 0 aliphatic heterocycles. The maximum Gasteiger partial charge on any atom is 0.235 e. The van der Waals surface area contributed by atoms with E-state index in [0.717, 1.165) is 0 Å². The van der Waals surface area contributed by atoms with E-state index in [1.807, 2.05) is 6.07 Å². The van der Waals surface area contributed by atoms with Gasteiger partial charge in [0.15, 0.2) is 5.78 Å². The molecule has 0 heterocycles. The van der Waals surface area contributed by atoms with E-state index < -0.39 is 0 Å². The fourth-order valence-electron chi connectivity index (χ4n) is 1.93. The van der Waals surface area contributed by atoms with E-state index in [1.54, 1.807) is 36.4 Å². The zero-order valence-electron chi connectivity index (χ0n) is 11.7. The fourth-order valence-corrected chi connectivity index (χ4v) is 2.58. The molecule has 22 heavy (non-hydrogen) atoms. The Balaban J connectivity index is 2.50. The summed E-state index contributed by atoms with van der Waals surface area (Å²) < 4.78 is 5.86. The number of hydrogen-bond acceptors (Lipinski definition) is 3. The van der Waals surface area contributed by atoms with Crippen LogP contribution in [0, 0.1) is 0 Å². The van der Waals surface area contributed by atoms with Gasteiger partial charge in [-0.3, -0.25) is 9.59 Å². The molecule has 0 saturated carbocycles. The van der Waals surface area contributed by atoms with E-state index in [1.165, 1.54) is 7.11 Å². The second-order valence-corrected chi connectivity index (χ2v) is 5.82. The number of carbonyl (C=O) groups excluding carboxylic acids is 2. The summed E-state index contributed by atoms with van der Waals surface area (Å²) in [6.07, 6.45) is 0. The summed E-state index contributed by atoms with van der Waals surface area (Å²) in [6.45, 7) is 0. The van der Waals surface area contributed by atoms with Crippen LogP contribution in [0.15, 0.2) is 46.9 Å². The molecule has 2 aromatic rings. The molecule has 114 valence electrons. The number of alkyl halides is 1. The highest BCUT2D eigenvalue weighted by molar-refractivity contribution is 9.10. The van der Waals surface area contributed by atoms with E-state index >= 15 is 0 Å². The Morgan fingerprint density at radius 1 is 1.18 bits per heavy atom. The Kier molecular flexibility index (Phi) is 5.74. The van der Waals surface area contributed by atoms with Crippen LogP contribution in [0.2, 0.25) is 0 Å². The number of carbonyl (C=O) groups is 2. The van der Waals surface area contributed by atoms with Gasteiger partial charge in [0.1, 0.15) is 5.75 Å². The minimum Gasteiger partial charge on any atom is -0.495 e. The highest BCUT2D eigenvalue weighted by atomic mass is 79.9. The van der Waals surface area contributed by atoms with Gasteiger partial charge in [-0.1, -0.05) is 46.3 Å². The first-order valence-corrected chi connectivity index (χ1v) is 8.31. The lowest BCUT2D eigenvalue weighted by Gasteiger charge is -2.13. The number of ether oxygens (including phenoxy) is 1. The predicted octanol–water partition coefficient (Wildman–Crippen LogP) is 4.02. The van der Waals surface area contributed by atoms with Crippen molar-refractivity contribution in [2.45, 2.75) is 0 Å². The highest BCUT2D eigenvalue weighted by Gasteiger charge is 2.18. The van der Waals surface area contributed by atoms with Crippen LogP contribution in [-0.2, 0) is 4.79 Å². The monoisotopic (exact) mass is 425 g/mol. The Labute approximate surface area is 145 Å². The molecule has 0 bridgehead atoms. The third-order valence-electron chi connectivity index (χ3n) is 2.97. The molecule has 0 aliphatic carbocycles. The third kappa shape index (κ3) is 3.75. The molecule has 1 amide bonds. The van der Waals surface area contributed by atoms with Crippen molar-refractivity contribution in [3.05, 3.63) is 58.1 Å². The van der Waals surface area contributed by atoms with Crippen molar-refractivity contribution < 1.29 is 14.3 Å². The van der Waals surface area contributed by atoms with Gasteiger partial charge in [0.2, 0.25) is 5.91 Å². The number of anilines is 1. The molecule has 6 heteroatoms. The van der Waals surface area contributed by atoms with Crippen LogP contribution in [-0.4, -0.2) is 24.1 Å². The third-order valence-corrected chi connectivity index (χ3v) is 4.10. The summed E-state index contributed by atoms with van der Waals surface area (Å²) in [4.78, 5) is 24.3. The molecule has 0 saturated heterocycles. The Hall–Kier alpha value is -1.66. The maximum atomic E-state index is 12.7. The van der Waals surface area contributed by atoms with Gasteiger partial charge in [0.25, 0.3) is 0 Å². The second kappa shape index (κ2) is 7.56. The minimum atomic E-state index is -0.244. The molecule has 0 unspecified atom stereocenters. The molecular formula is C16H13Br2NO3. The summed E-state index contributed by atoms with van der Waals surface area (Å²) in [7, 11) is 1.52. The molecule has 0 aliphatic rings.